The molecular formula is C23H22F3N3O2. The smallest absolute Gasteiger partial charge is 0.256 e. The van der Waals surface area contributed by atoms with Crippen LogP contribution in [0.5, 0.6) is 0 Å². The van der Waals surface area contributed by atoms with E-state index in [1.807, 2.05) is 0 Å². The Morgan fingerprint density at radius 3 is 2.55 bits per heavy atom. The molecule has 8 heteroatoms. The lowest BCUT2D eigenvalue weighted by molar-refractivity contribution is -0.0543. The van der Waals surface area contributed by atoms with Crippen molar-refractivity contribution in [2.75, 3.05) is 18.4 Å². The number of aryl methyl sites for hydroxylation is 1. The number of amides is 1. The number of allylic oxidation sites excluding steroid dienone is 2. The summed E-state index contributed by atoms with van der Waals surface area (Å²) in [4.78, 5) is 18.4. The molecule has 0 bridgehead atoms. The van der Waals surface area contributed by atoms with Gasteiger partial charge in [0.2, 0.25) is 0 Å². The van der Waals surface area contributed by atoms with E-state index in [1.165, 1.54) is 35.4 Å². The molecule has 1 amide bonds. The van der Waals surface area contributed by atoms with E-state index in [4.69, 9.17) is 0 Å². The van der Waals surface area contributed by atoms with Crippen molar-refractivity contribution in [3.8, 4) is 0 Å². The average molecular weight is 429 g/mol. The summed E-state index contributed by atoms with van der Waals surface area (Å²) in [5.41, 5.74) is -1.16. The highest BCUT2D eigenvalue weighted by atomic mass is 19.2. The summed E-state index contributed by atoms with van der Waals surface area (Å²) in [7, 11) is 0. The molecule has 0 radical (unpaired) electrons. The fourth-order valence-electron chi connectivity index (χ4n) is 3.34. The van der Waals surface area contributed by atoms with E-state index in [1.54, 1.807) is 19.9 Å². The first kappa shape index (κ1) is 22.3. The summed E-state index contributed by atoms with van der Waals surface area (Å²) in [6, 6.07) is 6.16. The average Bonchev–Trinajstić information content (AvgIpc) is 2.70. The first-order valence-corrected chi connectivity index (χ1v) is 9.55. The van der Waals surface area contributed by atoms with Gasteiger partial charge in [-0.25, -0.2) is 13.2 Å². The molecule has 0 saturated carbocycles. The third kappa shape index (κ3) is 4.39. The van der Waals surface area contributed by atoms with Gasteiger partial charge in [0.25, 0.3) is 5.91 Å². The number of likely N-dealkylation sites (tertiary alicyclic amines) is 1. The molecule has 1 aliphatic rings. The molecule has 1 saturated heterocycles. The Balaban J connectivity index is 1.90. The Hall–Kier alpha value is -3.39. The lowest BCUT2D eigenvalue weighted by Crippen LogP contribution is -2.64. The van der Waals surface area contributed by atoms with Crippen molar-refractivity contribution in [1.29, 1.82) is 0 Å². The van der Waals surface area contributed by atoms with Gasteiger partial charge in [0.05, 0.1) is 35.7 Å². The van der Waals surface area contributed by atoms with Crippen LogP contribution in [0.3, 0.4) is 0 Å². The third-order valence-electron chi connectivity index (χ3n) is 4.92. The van der Waals surface area contributed by atoms with Gasteiger partial charge in [-0.2, -0.15) is 0 Å². The van der Waals surface area contributed by atoms with Crippen LogP contribution in [-0.2, 0) is 0 Å². The number of hydrogen-bond donors (Lipinski definition) is 2. The van der Waals surface area contributed by atoms with Gasteiger partial charge in [-0.3, -0.25) is 9.79 Å². The van der Waals surface area contributed by atoms with E-state index in [0.717, 1.165) is 12.1 Å². The molecule has 3 rings (SSSR count). The summed E-state index contributed by atoms with van der Waals surface area (Å²) in [6.07, 6.45) is 4.51. The number of nitrogens with zero attached hydrogens (tertiary/aromatic N) is 2. The standard InChI is InChI=1S/C23H22F3N3O2/c1-4-6-19(27-5-2)23(31)12-29(13-23)22(30)15-8-9-16(24)20(26)21(15)28-18-10-7-14(3)11-17(18)25/h4-11,28,31H,1,12-13H2,2-3H3/b19-6-,27-5?. The number of carbonyl (C=O) groups is 1. The van der Waals surface area contributed by atoms with Crippen molar-refractivity contribution in [1.82, 2.24) is 4.90 Å². The third-order valence-corrected chi connectivity index (χ3v) is 4.92. The van der Waals surface area contributed by atoms with Crippen LogP contribution in [0.25, 0.3) is 0 Å². The molecule has 0 unspecified atom stereocenters. The molecule has 5 nitrogen and oxygen atoms in total. The van der Waals surface area contributed by atoms with E-state index in [9.17, 15) is 23.1 Å². The van der Waals surface area contributed by atoms with Gasteiger partial charge in [0.1, 0.15) is 11.4 Å². The topological polar surface area (TPSA) is 64.9 Å². The summed E-state index contributed by atoms with van der Waals surface area (Å²) >= 11 is 0. The lowest BCUT2D eigenvalue weighted by Gasteiger charge is -2.46. The van der Waals surface area contributed by atoms with Crippen LogP contribution < -0.4 is 5.32 Å². The fraction of sp³-hybridized carbons (Fsp3) is 0.217. The van der Waals surface area contributed by atoms with Crippen molar-refractivity contribution >= 4 is 23.5 Å². The second-order valence-corrected chi connectivity index (χ2v) is 7.26. The number of β-amino-alcohol motifs (C(OH)–C–C–N with tert-alkyl or cyclic N) is 1. The number of carbonyl (C=O) groups excluding carboxylic acids is 1. The van der Waals surface area contributed by atoms with Crippen LogP contribution >= 0.6 is 0 Å². The Morgan fingerprint density at radius 2 is 1.94 bits per heavy atom. The Labute approximate surface area is 178 Å². The van der Waals surface area contributed by atoms with Gasteiger partial charge in [-0.1, -0.05) is 18.7 Å². The van der Waals surface area contributed by atoms with Gasteiger partial charge in [0, 0.05) is 6.21 Å². The van der Waals surface area contributed by atoms with Crippen LogP contribution in [-0.4, -0.2) is 40.8 Å². The SMILES string of the molecule is C=C/C=C(\N=CC)C1(O)CN(C(=O)c2ccc(F)c(F)c2Nc2ccc(C)cc2F)C1. The Morgan fingerprint density at radius 1 is 1.23 bits per heavy atom. The summed E-state index contributed by atoms with van der Waals surface area (Å²) in [6.45, 7) is 6.76. The van der Waals surface area contributed by atoms with Crippen LogP contribution in [0, 0.1) is 24.4 Å². The molecule has 31 heavy (non-hydrogen) atoms. The second kappa shape index (κ2) is 8.77. The number of hydrogen-bond acceptors (Lipinski definition) is 4. The van der Waals surface area contributed by atoms with Crippen LogP contribution in [0.2, 0.25) is 0 Å². The van der Waals surface area contributed by atoms with Crippen molar-refractivity contribution in [2.45, 2.75) is 19.4 Å². The highest BCUT2D eigenvalue weighted by Crippen LogP contribution is 2.34. The highest BCUT2D eigenvalue weighted by Gasteiger charge is 2.47. The minimum absolute atomic E-state index is 0.0970. The van der Waals surface area contributed by atoms with Crippen molar-refractivity contribution in [3.63, 3.8) is 0 Å². The first-order chi connectivity index (χ1) is 14.7. The minimum atomic E-state index is -1.38. The molecule has 0 atom stereocenters. The maximum Gasteiger partial charge on any atom is 0.256 e. The molecule has 2 aromatic carbocycles. The number of benzene rings is 2. The first-order valence-electron chi connectivity index (χ1n) is 9.55. The highest BCUT2D eigenvalue weighted by molar-refractivity contribution is 6.01. The van der Waals surface area contributed by atoms with Gasteiger partial charge in [-0.15, -0.1) is 0 Å². The monoisotopic (exact) mass is 429 g/mol. The molecule has 1 heterocycles. The van der Waals surface area contributed by atoms with Gasteiger partial charge in [-0.05, 0) is 49.8 Å². The predicted molar refractivity (Wildman–Crippen MR) is 114 cm³/mol. The Bertz CT molecular complexity index is 1090. The molecule has 1 aliphatic heterocycles. The van der Waals surface area contributed by atoms with E-state index >= 15 is 0 Å². The molecule has 2 N–H and O–H groups in total. The summed E-state index contributed by atoms with van der Waals surface area (Å²) in [5.74, 6) is -3.79. The number of aliphatic imine (C=N–C) groups is 1. The van der Waals surface area contributed by atoms with Gasteiger partial charge in [0.15, 0.2) is 11.6 Å². The van der Waals surface area contributed by atoms with Crippen LogP contribution in [0.15, 0.2) is 59.8 Å². The lowest BCUT2D eigenvalue weighted by atomic mass is 9.89. The zero-order valence-electron chi connectivity index (χ0n) is 17.1. The van der Waals surface area contributed by atoms with Gasteiger partial charge >= 0.3 is 0 Å². The molecule has 2 aromatic rings. The zero-order valence-corrected chi connectivity index (χ0v) is 17.1. The maximum absolute atomic E-state index is 14.6. The molecule has 162 valence electrons. The van der Waals surface area contributed by atoms with E-state index in [2.05, 4.69) is 16.9 Å². The largest absolute Gasteiger partial charge is 0.380 e. The van der Waals surface area contributed by atoms with Crippen molar-refractivity contribution in [2.24, 2.45) is 4.99 Å². The number of anilines is 2. The summed E-state index contributed by atoms with van der Waals surface area (Å²) in [5, 5.41) is 13.2. The van der Waals surface area contributed by atoms with E-state index in [-0.39, 0.29) is 24.3 Å². The normalized spacial score (nSPS) is 15.7. The second-order valence-electron chi connectivity index (χ2n) is 7.26. The molecule has 0 aromatic heterocycles. The van der Waals surface area contributed by atoms with Crippen molar-refractivity contribution in [3.05, 3.63) is 83.3 Å². The number of rotatable bonds is 6. The van der Waals surface area contributed by atoms with Crippen molar-refractivity contribution < 1.29 is 23.1 Å². The van der Waals surface area contributed by atoms with Crippen LogP contribution in [0.1, 0.15) is 22.8 Å². The van der Waals surface area contributed by atoms with E-state index in [0.29, 0.717) is 11.3 Å². The molecule has 1 fully saturated rings. The Kier molecular flexibility index (Phi) is 6.31. The number of nitrogens with one attached hydrogen (secondary N) is 1. The zero-order chi connectivity index (χ0) is 22.8. The fourth-order valence-corrected chi connectivity index (χ4v) is 3.34. The molecular weight excluding hydrogens is 407 g/mol. The quantitative estimate of drug-likeness (QED) is 0.525. The molecule has 0 spiro atoms. The van der Waals surface area contributed by atoms with Crippen LogP contribution in [0.4, 0.5) is 24.5 Å². The minimum Gasteiger partial charge on any atom is -0.380 e. The van der Waals surface area contributed by atoms with Gasteiger partial charge < -0.3 is 15.3 Å². The predicted octanol–water partition coefficient (Wildman–Crippen LogP) is 4.50. The van der Waals surface area contributed by atoms with E-state index < -0.39 is 34.6 Å². The number of halogens is 3. The molecule has 0 aliphatic carbocycles. The number of aliphatic hydroxyl groups is 1. The maximum atomic E-state index is 14.6. The summed E-state index contributed by atoms with van der Waals surface area (Å²) < 4.78 is 42.7.